The molecule has 1 atom stereocenters. The minimum atomic E-state index is 0.209. The topological polar surface area (TPSA) is 32.3 Å². The highest BCUT2D eigenvalue weighted by molar-refractivity contribution is 5.52. The average molecular weight is 255 g/mol. The summed E-state index contributed by atoms with van der Waals surface area (Å²) in [7, 11) is 0. The van der Waals surface area contributed by atoms with Gasteiger partial charge >= 0.3 is 0 Å². The number of phenolic OH excluding ortho intramolecular Hbond substituents is 1. The maximum Gasteiger partial charge on any atom is 0.120 e. The van der Waals surface area contributed by atoms with Crippen LogP contribution in [-0.2, 0) is 0 Å². The van der Waals surface area contributed by atoms with Crippen molar-refractivity contribution in [3.63, 3.8) is 0 Å². The average Bonchev–Trinajstić information content (AvgIpc) is 2.32. The Morgan fingerprint density at radius 2 is 1.58 bits per heavy atom. The minimum Gasteiger partial charge on any atom is -0.508 e. The van der Waals surface area contributed by atoms with Crippen LogP contribution in [0.4, 0.5) is 5.69 Å². The maximum absolute atomic E-state index is 9.73. The zero-order valence-electron chi connectivity index (χ0n) is 12.0. The number of phenols is 1. The molecule has 2 aromatic carbocycles. The second-order valence-corrected chi connectivity index (χ2v) is 5.29. The van der Waals surface area contributed by atoms with Crippen LogP contribution in [0.5, 0.6) is 5.75 Å². The van der Waals surface area contributed by atoms with Gasteiger partial charge in [0.2, 0.25) is 0 Å². The molecule has 19 heavy (non-hydrogen) atoms. The molecule has 0 bridgehead atoms. The molecule has 0 aliphatic heterocycles. The van der Waals surface area contributed by atoms with Gasteiger partial charge in [0.25, 0.3) is 0 Å². The van der Waals surface area contributed by atoms with Crippen LogP contribution in [0.1, 0.15) is 35.2 Å². The number of hydrogen-bond donors (Lipinski definition) is 2. The first-order chi connectivity index (χ1) is 8.95. The van der Waals surface area contributed by atoms with Crippen LogP contribution < -0.4 is 5.32 Å². The van der Waals surface area contributed by atoms with E-state index in [0.29, 0.717) is 5.75 Å². The molecular weight excluding hydrogens is 234 g/mol. The first kappa shape index (κ1) is 13.5. The monoisotopic (exact) mass is 255 g/mol. The van der Waals surface area contributed by atoms with Crippen molar-refractivity contribution in [1.82, 2.24) is 0 Å². The smallest absolute Gasteiger partial charge is 0.120 e. The van der Waals surface area contributed by atoms with Gasteiger partial charge in [-0.25, -0.2) is 0 Å². The van der Waals surface area contributed by atoms with Gasteiger partial charge in [-0.2, -0.15) is 0 Å². The molecule has 0 heterocycles. The summed E-state index contributed by atoms with van der Waals surface area (Å²) in [4.78, 5) is 0. The Kier molecular flexibility index (Phi) is 3.79. The molecule has 0 amide bonds. The number of benzene rings is 2. The van der Waals surface area contributed by atoms with Crippen molar-refractivity contribution in [2.45, 2.75) is 33.7 Å². The Labute approximate surface area is 115 Å². The van der Waals surface area contributed by atoms with E-state index >= 15 is 0 Å². The van der Waals surface area contributed by atoms with E-state index in [-0.39, 0.29) is 6.04 Å². The van der Waals surface area contributed by atoms with Crippen molar-refractivity contribution in [3.05, 3.63) is 58.7 Å². The molecule has 0 saturated carbocycles. The highest BCUT2D eigenvalue weighted by atomic mass is 16.3. The highest BCUT2D eigenvalue weighted by Gasteiger charge is 2.07. The lowest BCUT2D eigenvalue weighted by Crippen LogP contribution is -2.07. The number of rotatable bonds is 3. The first-order valence-corrected chi connectivity index (χ1v) is 6.60. The number of aromatic hydroxyl groups is 1. The van der Waals surface area contributed by atoms with E-state index in [1.54, 1.807) is 6.07 Å². The van der Waals surface area contributed by atoms with Crippen molar-refractivity contribution in [3.8, 4) is 5.75 Å². The molecule has 2 heteroatoms. The SMILES string of the molecule is Cc1cc(C)cc(C(C)Nc2ccc(C)c(O)c2)c1. The summed E-state index contributed by atoms with van der Waals surface area (Å²) in [5.41, 5.74) is 5.64. The molecule has 2 aromatic rings. The normalized spacial score (nSPS) is 12.2. The maximum atomic E-state index is 9.73. The van der Waals surface area contributed by atoms with Crippen molar-refractivity contribution in [1.29, 1.82) is 0 Å². The Bertz CT molecular complexity index is 570. The molecule has 0 aromatic heterocycles. The second kappa shape index (κ2) is 5.35. The van der Waals surface area contributed by atoms with Crippen molar-refractivity contribution < 1.29 is 5.11 Å². The molecule has 2 nitrogen and oxygen atoms in total. The summed E-state index contributed by atoms with van der Waals surface area (Å²) in [5, 5.41) is 13.2. The van der Waals surface area contributed by atoms with E-state index in [1.807, 2.05) is 19.1 Å². The first-order valence-electron chi connectivity index (χ1n) is 6.60. The lowest BCUT2D eigenvalue weighted by Gasteiger charge is -2.17. The van der Waals surface area contributed by atoms with E-state index in [0.717, 1.165) is 11.3 Å². The quantitative estimate of drug-likeness (QED) is 0.847. The number of anilines is 1. The fraction of sp³-hybridized carbons (Fsp3) is 0.294. The van der Waals surface area contributed by atoms with Crippen LogP contribution in [0.3, 0.4) is 0 Å². The molecule has 0 radical (unpaired) electrons. The van der Waals surface area contributed by atoms with Gasteiger partial charge in [-0.3, -0.25) is 0 Å². The third-order valence-corrected chi connectivity index (χ3v) is 3.34. The van der Waals surface area contributed by atoms with Gasteiger partial charge in [0.15, 0.2) is 0 Å². The highest BCUT2D eigenvalue weighted by Crippen LogP contribution is 2.25. The summed E-state index contributed by atoms with van der Waals surface area (Å²) in [5.74, 6) is 0.331. The molecule has 0 spiro atoms. The van der Waals surface area contributed by atoms with Crippen LogP contribution in [0.25, 0.3) is 0 Å². The van der Waals surface area contributed by atoms with Gasteiger partial charge in [0.1, 0.15) is 5.75 Å². The molecule has 0 aliphatic rings. The Hall–Kier alpha value is -1.96. The molecule has 1 unspecified atom stereocenters. The molecule has 0 fully saturated rings. The second-order valence-electron chi connectivity index (χ2n) is 5.29. The lowest BCUT2D eigenvalue weighted by molar-refractivity contribution is 0.471. The van der Waals surface area contributed by atoms with Crippen LogP contribution >= 0.6 is 0 Å². The zero-order valence-corrected chi connectivity index (χ0v) is 12.0. The fourth-order valence-electron chi connectivity index (χ4n) is 2.29. The summed E-state index contributed by atoms with van der Waals surface area (Å²) < 4.78 is 0. The van der Waals surface area contributed by atoms with Crippen LogP contribution in [-0.4, -0.2) is 5.11 Å². The van der Waals surface area contributed by atoms with Gasteiger partial charge in [-0.1, -0.05) is 35.4 Å². The van der Waals surface area contributed by atoms with Crippen molar-refractivity contribution in [2.24, 2.45) is 0 Å². The summed E-state index contributed by atoms with van der Waals surface area (Å²) in [6.07, 6.45) is 0. The van der Waals surface area contributed by atoms with E-state index < -0.39 is 0 Å². The van der Waals surface area contributed by atoms with Gasteiger partial charge in [-0.05, 0) is 44.9 Å². The third kappa shape index (κ3) is 3.28. The predicted octanol–water partition coefficient (Wildman–Crippen LogP) is 4.49. The summed E-state index contributed by atoms with van der Waals surface area (Å²) in [6, 6.07) is 12.5. The number of aryl methyl sites for hydroxylation is 3. The van der Waals surface area contributed by atoms with Gasteiger partial charge in [0.05, 0.1) is 0 Å². The summed E-state index contributed by atoms with van der Waals surface area (Å²) >= 11 is 0. The predicted molar refractivity (Wildman–Crippen MR) is 80.8 cm³/mol. The van der Waals surface area contributed by atoms with E-state index in [4.69, 9.17) is 0 Å². The molecule has 100 valence electrons. The van der Waals surface area contributed by atoms with Crippen molar-refractivity contribution >= 4 is 5.69 Å². The standard InChI is InChI=1S/C17H21NO/c1-11-7-12(2)9-15(8-11)14(4)18-16-6-5-13(3)17(19)10-16/h5-10,14,18-19H,1-4H3. The fourth-order valence-corrected chi connectivity index (χ4v) is 2.29. The number of nitrogens with one attached hydrogen (secondary N) is 1. The van der Waals surface area contributed by atoms with Crippen LogP contribution in [0.2, 0.25) is 0 Å². The molecule has 0 saturated heterocycles. The molecule has 2 N–H and O–H groups in total. The van der Waals surface area contributed by atoms with E-state index in [2.05, 4.69) is 44.3 Å². The largest absolute Gasteiger partial charge is 0.508 e. The van der Waals surface area contributed by atoms with E-state index in [1.165, 1.54) is 16.7 Å². The molecule has 2 rings (SSSR count). The van der Waals surface area contributed by atoms with Crippen LogP contribution in [0, 0.1) is 20.8 Å². The lowest BCUT2D eigenvalue weighted by atomic mass is 10.0. The molecule has 0 aliphatic carbocycles. The zero-order chi connectivity index (χ0) is 14.0. The van der Waals surface area contributed by atoms with E-state index in [9.17, 15) is 5.11 Å². The Morgan fingerprint density at radius 1 is 0.947 bits per heavy atom. The Balaban J connectivity index is 2.20. The van der Waals surface area contributed by atoms with Gasteiger partial charge < -0.3 is 10.4 Å². The Morgan fingerprint density at radius 3 is 2.16 bits per heavy atom. The van der Waals surface area contributed by atoms with Gasteiger partial charge in [0, 0.05) is 17.8 Å². The molecular formula is C17H21NO. The van der Waals surface area contributed by atoms with Crippen molar-refractivity contribution in [2.75, 3.05) is 5.32 Å². The number of hydrogen-bond acceptors (Lipinski definition) is 2. The summed E-state index contributed by atoms with van der Waals surface area (Å²) in [6.45, 7) is 8.25. The minimum absolute atomic E-state index is 0.209. The van der Waals surface area contributed by atoms with Crippen LogP contribution in [0.15, 0.2) is 36.4 Å². The van der Waals surface area contributed by atoms with Gasteiger partial charge in [-0.15, -0.1) is 0 Å². The third-order valence-electron chi connectivity index (χ3n) is 3.34.